The fraction of sp³-hybridized carbons (Fsp3) is 0.545. The second kappa shape index (κ2) is 7.30. The van der Waals surface area contributed by atoms with Gasteiger partial charge in [0.2, 0.25) is 0 Å². The number of hydrogen-bond acceptors (Lipinski definition) is 3. The molecule has 2 saturated carbocycles. The number of hydrogen-bond donors (Lipinski definition) is 1. The van der Waals surface area contributed by atoms with Crippen molar-refractivity contribution in [2.75, 3.05) is 7.11 Å². The van der Waals surface area contributed by atoms with E-state index in [4.69, 9.17) is 4.74 Å². The van der Waals surface area contributed by atoms with Crippen LogP contribution in [0.2, 0.25) is 6.82 Å². The standard InChI is InChI=1S/C22H29BN2O3/c1-23-19-18(14-7-4-5-8-14)16-10-9-15(13-17(16)25(19)2)20(26)24-22(11-6-12-22)21(27)28-3/h9-10,13-14,23H,4-8,11-12H2,1-3H3,(H,24,26). The number of methoxy groups -OCH3 is 1. The number of carbonyl (C=O) groups excluding carboxylic acids is 2. The Kier molecular flexibility index (Phi) is 4.98. The highest BCUT2D eigenvalue weighted by Crippen LogP contribution is 2.38. The zero-order valence-electron chi connectivity index (χ0n) is 17.1. The Balaban J connectivity index is 1.69. The molecule has 1 amide bonds. The van der Waals surface area contributed by atoms with E-state index < -0.39 is 5.54 Å². The lowest BCUT2D eigenvalue weighted by Gasteiger charge is -2.39. The summed E-state index contributed by atoms with van der Waals surface area (Å²) in [5.74, 6) is 0.0911. The third kappa shape index (κ3) is 2.94. The van der Waals surface area contributed by atoms with Gasteiger partial charge in [-0.1, -0.05) is 25.7 Å². The van der Waals surface area contributed by atoms with Crippen molar-refractivity contribution in [3.63, 3.8) is 0 Å². The van der Waals surface area contributed by atoms with Crippen molar-refractivity contribution >= 4 is 35.7 Å². The maximum Gasteiger partial charge on any atom is 0.331 e. The molecule has 4 rings (SSSR count). The summed E-state index contributed by atoms with van der Waals surface area (Å²) in [5, 5.41) is 4.22. The molecule has 2 aliphatic carbocycles. The average molecular weight is 380 g/mol. The number of fused-ring (bicyclic) bond motifs is 1. The first-order valence-corrected chi connectivity index (χ1v) is 10.5. The summed E-state index contributed by atoms with van der Waals surface area (Å²) in [5.41, 5.74) is 3.72. The van der Waals surface area contributed by atoms with Gasteiger partial charge in [-0.25, -0.2) is 4.79 Å². The third-order valence-corrected chi connectivity index (χ3v) is 6.86. The molecule has 0 radical (unpaired) electrons. The summed E-state index contributed by atoms with van der Waals surface area (Å²) in [6.45, 7) is 2.21. The number of carbonyl (C=O) groups is 2. The van der Waals surface area contributed by atoms with Gasteiger partial charge >= 0.3 is 5.97 Å². The lowest BCUT2D eigenvalue weighted by atomic mass is 9.72. The second-order valence-electron chi connectivity index (χ2n) is 8.37. The summed E-state index contributed by atoms with van der Waals surface area (Å²) in [4.78, 5) is 25.1. The SMILES string of the molecule is CBc1c(C2CCCC2)c2ccc(C(=O)NC3(C(=O)OC)CCC3)cc2n1C. The molecule has 2 aliphatic rings. The number of amides is 1. The minimum absolute atomic E-state index is 0.200. The van der Waals surface area contributed by atoms with Gasteiger partial charge in [0.05, 0.1) is 7.11 Å². The van der Waals surface area contributed by atoms with Crippen LogP contribution in [0.15, 0.2) is 18.2 Å². The lowest BCUT2D eigenvalue weighted by molar-refractivity contribution is -0.152. The van der Waals surface area contributed by atoms with Crippen LogP contribution in [-0.4, -0.2) is 36.4 Å². The first-order valence-electron chi connectivity index (χ1n) is 10.5. The van der Waals surface area contributed by atoms with Gasteiger partial charge in [0, 0.05) is 23.5 Å². The first kappa shape index (κ1) is 19.1. The van der Waals surface area contributed by atoms with Crippen LogP contribution in [0.25, 0.3) is 10.9 Å². The highest BCUT2D eigenvalue weighted by Gasteiger charge is 2.46. The van der Waals surface area contributed by atoms with E-state index in [9.17, 15) is 9.59 Å². The van der Waals surface area contributed by atoms with Crippen LogP contribution < -0.4 is 10.9 Å². The van der Waals surface area contributed by atoms with E-state index in [1.807, 2.05) is 12.1 Å². The molecule has 1 aromatic heterocycles. The summed E-state index contributed by atoms with van der Waals surface area (Å²) >= 11 is 0. The van der Waals surface area contributed by atoms with Gasteiger partial charge in [-0.2, -0.15) is 0 Å². The Morgan fingerprint density at radius 1 is 1.21 bits per heavy atom. The van der Waals surface area contributed by atoms with E-state index in [1.165, 1.54) is 49.3 Å². The fourth-order valence-electron chi connectivity index (χ4n) is 5.15. The van der Waals surface area contributed by atoms with Crippen molar-refractivity contribution in [1.82, 2.24) is 9.88 Å². The lowest BCUT2D eigenvalue weighted by Crippen LogP contribution is -2.59. The predicted octanol–water partition coefficient (Wildman–Crippen LogP) is 2.77. The normalized spacial score (nSPS) is 18.7. The molecule has 2 fully saturated rings. The van der Waals surface area contributed by atoms with Gasteiger partial charge in [-0.05, 0) is 61.3 Å². The number of esters is 1. The molecular weight excluding hydrogens is 351 g/mol. The zero-order valence-corrected chi connectivity index (χ0v) is 17.1. The molecule has 0 saturated heterocycles. The molecule has 28 heavy (non-hydrogen) atoms. The molecule has 0 bridgehead atoms. The fourth-order valence-corrected chi connectivity index (χ4v) is 5.15. The zero-order chi connectivity index (χ0) is 19.9. The predicted molar refractivity (Wildman–Crippen MR) is 113 cm³/mol. The summed E-state index contributed by atoms with van der Waals surface area (Å²) in [6, 6.07) is 5.98. The van der Waals surface area contributed by atoms with Crippen molar-refractivity contribution in [3.05, 3.63) is 29.3 Å². The van der Waals surface area contributed by atoms with Gasteiger partial charge in [-0.15, -0.1) is 0 Å². The first-order chi connectivity index (χ1) is 13.5. The average Bonchev–Trinajstić information content (AvgIpc) is 3.29. The van der Waals surface area contributed by atoms with Crippen LogP contribution in [-0.2, 0) is 16.6 Å². The number of ether oxygens (including phenoxy) is 1. The summed E-state index contributed by atoms with van der Waals surface area (Å²) < 4.78 is 7.17. The molecule has 6 heteroatoms. The highest BCUT2D eigenvalue weighted by atomic mass is 16.5. The molecule has 0 atom stereocenters. The number of aromatic nitrogens is 1. The van der Waals surface area contributed by atoms with E-state index in [0.717, 1.165) is 19.2 Å². The summed E-state index contributed by atoms with van der Waals surface area (Å²) in [7, 11) is 4.47. The number of rotatable bonds is 5. The van der Waals surface area contributed by atoms with Gasteiger partial charge in [0.25, 0.3) is 5.91 Å². The maximum absolute atomic E-state index is 12.9. The largest absolute Gasteiger partial charge is 0.467 e. The number of nitrogens with zero attached hydrogens (tertiary/aromatic N) is 1. The van der Waals surface area contributed by atoms with Crippen LogP contribution in [0, 0.1) is 0 Å². The Bertz CT molecular complexity index is 923. The van der Waals surface area contributed by atoms with Crippen molar-refractivity contribution in [2.24, 2.45) is 7.05 Å². The second-order valence-corrected chi connectivity index (χ2v) is 8.37. The number of aryl methyl sites for hydroxylation is 1. The van der Waals surface area contributed by atoms with Gasteiger partial charge in [-0.3, -0.25) is 4.79 Å². The minimum Gasteiger partial charge on any atom is -0.467 e. The molecule has 148 valence electrons. The number of nitrogens with one attached hydrogen (secondary N) is 1. The van der Waals surface area contributed by atoms with E-state index in [2.05, 4.69) is 29.8 Å². The molecule has 1 N–H and O–H groups in total. The van der Waals surface area contributed by atoms with E-state index in [-0.39, 0.29) is 11.9 Å². The summed E-state index contributed by atoms with van der Waals surface area (Å²) in [6.07, 6.45) is 7.34. The van der Waals surface area contributed by atoms with Gasteiger partial charge < -0.3 is 14.6 Å². The number of benzene rings is 1. The topological polar surface area (TPSA) is 60.3 Å². The van der Waals surface area contributed by atoms with Crippen molar-refractivity contribution in [3.8, 4) is 0 Å². The van der Waals surface area contributed by atoms with Crippen LogP contribution in [0.4, 0.5) is 0 Å². The quantitative estimate of drug-likeness (QED) is 0.641. The molecule has 1 heterocycles. The van der Waals surface area contributed by atoms with Crippen LogP contribution in [0.1, 0.15) is 66.8 Å². The van der Waals surface area contributed by atoms with Crippen molar-refractivity contribution < 1.29 is 14.3 Å². The van der Waals surface area contributed by atoms with Crippen molar-refractivity contribution in [2.45, 2.75) is 63.2 Å². The Morgan fingerprint density at radius 2 is 1.93 bits per heavy atom. The highest BCUT2D eigenvalue weighted by molar-refractivity contribution is 6.52. The van der Waals surface area contributed by atoms with Crippen molar-refractivity contribution in [1.29, 1.82) is 0 Å². The molecule has 0 spiro atoms. The molecule has 0 unspecified atom stereocenters. The Morgan fingerprint density at radius 3 is 2.50 bits per heavy atom. The molecule has 5 nitrogen and oxygen atoms in total. The van der Waals surface area contributed by atoms with Gasteiger partial charge in [0.1, 0.15) is 5.54 Å². The van der Waals surface area contributed by atoms with E-state index >= 15 is 0 Å². The van der Waals surface area contributed by atoms with E-state index in [1.54, 1.807) is 0 Å². The maximum atomic E-state index is 12.9. The molecule has 2 aromatic rings. The van der Waals surface area contributed by atoms with Crippen LogP contribution >= 0.6 is 0 Å². The smallest absolute Gasteiger partial charge is 0.331 e. The Hall–Kier alpha value is -2.24. The van der Waals surface area contributed by atoms with E-state index in [0.29, 0.717) is 24.3 Å². The molecule has 0 aliphatic heterocycles. The van der Waals surface area contributed by atoms with Crippen LogP contribution in [0.3, 0.4) is 0 Å². The van der Waals surface area contributed by atoms with Gasteiger partial charge in [0.15, 0.2) is 7.28 Å². The van der Waals surface area contributed by atoms with Crippen LogP contribution in [0.5, 0.6) is 0 Å². The molecular formula is C22H29BN2O3. The molecule has 1 aromatic carbocycles. The Labute approximate surface area is 167 Å². The third-order valence-electron chi connectivity index (χ3n) is 6.86. The minimum atomic E-state index is -0.849. The monoisotopic (exact) mass is 380 g/mol.